The van der Waals surface area contributed by atoms with Gasteiger partial charge < -0.3 is 0 Å². The van der Waals surface area contributed by atoms with Gasteiger partial charge in [0, 0.05) is 1.37 Å². The lowest BCUT2D eigenvalue weighted by Gasteiger charge is -2.49. The maximum absolute atomic E-state index is 9.33. The highest BCUT2D eigenvalue weighted by molar-refractivity contribution is 5.34. The molecule has 0 N–H and O–H groups in total. The summed E-state index contributed by atoms with van der Waals surface area (Å²) in [5, 5.41) is 0. The summed E-state index contributed by atoms with van der Waals surface area (Å²) in [6.45, 7) is 13.4. The number of benzene rings is 1. The van der Waals surface area contributed by atoms with E-state index >= 15 is 0 Å². The van der Waals surface area contributed by atoms with Crippen molar-refractivity contribution in [3.05, 3.63) is 34.9 Å². The molecule has 0 nitrogen and oxygen atoms in total. The minimum absolute atomic E-state index is 0.0243. The fourth-order valence-electron chi connectivity index (χ4n) is 3.82. The van der Waals surface area contributed by atoms with Crippen LogP contribution < -0.4 is 0 Å². The van der Waals surface area contributed by atoms with Crippen LogP contribution in [0.25, 0.3) is 0 Å². The van der Waals surface area contributed by atoms with E-state index < -0.39 is 5.89 Å². The lowest BCUT2D eigenvalue weighted by molar-refractivity contribution is 0.0727. The minimum Gasteiger partial charge on any atom is -0.0593 e. The molecule has 0 bridgehead atoms. The monoisotopic (exact) mass is 245 g/mol. The Bertz CT molecular complexity index is 466. The van der Waals surface area contributed by atoms with Crippen LogP contribution in [0.4, 0.5) is 0 Å². The second kappa shape index (κ2) is 4.40. The standard InChI is InChI=1S/C18H28/c1-13-8-9-15(12-14(13)2)16-17(3,4)10-7-11-18(16,5)6/h8-9,12,16H,7,10-11H2,1-6H3/i16D. The van der Waals surface area contributed by atoms with Crippen molar-refractivity contribution in [2.45, 2.75) is 66.7 Å². The number of hydrogen-bond donors (Lipinski definition) is 0. The van der Waals surface area contributed by atoms with E-state index in [-0.39, 0.29) is 10.8 Å². The van der Waals surface area contributed by atoms with Crippen molar-refractivity contribution in [3.63, 3.8) is 0 Å². The quantitative estimate of drug-likeness (QED) is 0.602. The van der Waals surface area contributed by atoms with Crippen molar-refractivity contribution in [2.75, 3.05) is 0 Å². The largest absolute Gasteiger partial charge is 0.0593 e. The summed E-state index contributed by atoms with van der Waals surface area (Å²) in [5.74, 6) is -0.503. The van der Waals surface area contributed by atoms with Crippen LogP contribution in [-0.2, 0) is 0 Å². The zero-order chi connectivity index (χ0) is 14.5. The molecule has 1 aromatic carbocycles. The molecule has 1 aromatic rings. The van der Waals surface area contributed by atoms with Gasteiger partial charge in [0.1, 0.15) is 0 Å². The molecule has 0 heterocycles. The molecule has 0 saturated heterocycles. The summed E-state index contributed by atoms with van der Waals surface area (Å²) >= 11 is 0. The highest BCUT2D eigenvalue weighted by atomic mass is 14.5. The second-order valence-electron chi connectivity index (χ2n) is 7.30. The first kappa shape index (κ1) is 12.3. The minimum atomic E-state index is -0.503. The number of rotatable bonds is 1. The average Bonchev–Trinajstić information content (AvgIpc) is 2.29. The van der Waals surface area contributed by atoms with Gasteiger partial charge in [-0.2, -0.15) is 0 Å². The van der Waals surface area contributed by atoms with Gasteiger partial charge in [-0.1, -0.05) is 52.3 Å². The predicted molar refractivity (Wildman–Crippen MR) is 80.1 cm³/mol. The van der Waals surface area contributed by atoms with Gasteiger partial charge in [-0.3, -0.25) is 0 Å². The van der Waals surface area contributed by atoms with Crippen molar-refractivity contribution < 1.29 is 1.37 Å². The third kappa shape index (κ3) is 2.35. The van der Waals surface area contributed by atoms with Crippen LogP contribution in [0.2, 0.25) is 0 Å². The zero-order valence-electron chi connectivity index (χ0n) is 13.9. The third-order valence-electron chi connectivity index (χ3n) is 4.75. The summed E-state index contributed by atoms with van der Waals surface area (Å²) in [5.41, 5.74) is 3.87. The summed E-state index contributed by atoms with van der Waals surface area (Å²) in [6.07, 6.45) is 3.53. The molecule has 1 fully saturated rings. The van der Waals surface area contributed by atoms with Crippen LogP contribution in [0.5, 0.6) is 0 Å². The Morgan fingerprint density at radius 3 is 2.06 bits per heavy atom. The van der Waals surface area contributed by atoms with E-state index in [2.05, 4.69) is 59.7 Å². The molecule has 0 aliphatic heterocycles. The Morgan fingerprint density at radius 2 is 1.56 bits per heavy atom. The normalized spacial score (nSPS) is 25.6. The van der Waals surface area contributed by atoms with Crippen LogP contribution in [0.3, 0.4) is 0 Å². The third-order valence-corrected chi connectivity index (χ3v) is 4.75. The van der Waals surface area contributed by atoms with E-state index in [1.165, 1.54) is 23.1 Å². The van der Waals surface area contributed by atoms with Gasteiger partial charge >= 0.3 is 0 Å². The van der Waals surface area contributed by atoms with E-state index in [9.17, 15) is 1.37 Å². The smallest absolute Gasteiger partial charge is 0.0363 e. The summed E-state index contributed by atoms with van der Waals surface area (Å²) in [4.78, 5) is 0. The molecule has 0 spiro atoms. The van der Waals surface area contributed by atoms with Crippen molar-refractivity contribution in [3.8, 4) is 0 Å². The van der Waals surface area contributed by atoms with Crippen LogP contribution in [0.1, 0.15) is 70.9 Å². The highest BCUT2D eigenvalue weighted by Crippen LogP contribution is 2.56. The molecule has 0 radical (unpaired) electrons. The predicted octanol–water partition coefficient (Wildman–Crippen LogP) is 5.62. The Balaban J connectivity index is 2.62. The number of aryl methyl sites for hydroxylation is 2. The SMILES string of the molecule is [2H]C1(c2ccc(C)c(C)c2)C(C)(C)CCCC1(C)C. The van der Waals surface area contributed by atoms with Crippen LogP contribution in [0.15, 0.2) is 18.2 Å². The topological polar surface area (TPSA) is 0 Å². The zero-order valence-corrected chi connectivity index (χ0v) is 12.9. The lowest BCUT2D eigenvalue weighted by Crippen LogP contribution is -2.38. The maximum Gasteiger partial charge on any atom is 0.0363 e. The first-order chi connectivity index (χ1) is 8.62. The van der Waals surface area contributed by atoms with Crippen molar-refractivity contribution in [2.24, 2.45) is 10.8 Å². The Kier molecular flexibility index (Phi) is 3.00. The fraction of sp³-hybridized carbons (Fsp3) is 0.667. The van der Waals surface area contributed by atoms with Crippen molar-refractivity contribution in [1.82, 2.24) is 0 Å². The molecule has 0 aromatic heterocycles. The molecule has 0 heteroatoms. The molecule has 1 saturated carbocycles. The van der Waals surface area contributed by atoms with Gasteiger partial charge in [-0.15, -0.1) is 0 Å². The first-order valence-corrected chi connectivity index (χ1v) is 7.20. The Morgan fingerprint density at radius 1 is 1.00 bits per heavy atom. The van der Waals surface area contributed by atoms with E-state index in [4.69, 9.17) is 0 Å². The second-order valence-corrected chi connectivity index (χ2v) is 7.30. The number of hydrogen-bond acceptors (Lipinski definition) is 0. The first-order valence-electron chi connectivity index (χ1n) is 7.70. The highest BCUT2D eigenvalue weighted by Gasteiger charge is 2.44. The molecule has 1 aliphatic carbocycles. The maximum atomic E-state index is 9.33. The van der Waals surface area contributed by atoms with Gasteiger partial charge in [0.15, 0.2) is 0 Å². The van der Waals surface area contributed by atoms with E-state index in [0.29, 0.717) is 0 Å². The van der Waals surface area contributed by atoms with Gasteiger partial charge in [0.25, 0.3) is 0 Å². The molecule has 0 atom stereocenters. The van der Waals surface area contributed by atoms with Crippen LogP contribution >= 0.6 is 0 Å². The van der Waals surface area contributed by atoms with Crippen LogP contribution in [-0.4, -0.2) is 0 Å². The summed E-state index contributed by atoms with van der Waals surface area (Å²) in [6, 6.07) is 6.61. The fourth-order valence-corrected chi connectivity index (χ4v) is 3.82. The molecule has 100 valence electrons. The molecular formula is C18H28. The van der Waals surface area contributed by atoms with Crippen molar-refractivity contribution in [1.29, 1.82) is 0 Å². The van der Waals surface area contributed by atoms with Crippen molar-refractivity contribution >= 4 is 0 Å². The molecule has 1 aliphatic rings. The summed E-state index contributed by atoms with van der Waals surface area (Å²) in [7, 11) is 0. The van der Waals surface area contributed by atoms with Gasteiger partial charge in [-0.05, 0) is 60.1 Å². The van der Waals surface area contributed by atoms with E-state index in [1.807, 2.05) is 0 Å². The van der Waals surface area contributed by atoms with Gasteiger partial charge in [0.05, 0.1) is 0 Å². The molecule has 18 heavy (non-hydrogen) atoms. The summed E-state index contributed by atoms with van der Waals surface area (Å²) < 4.78 is 9.33. The van der Waals surface area contributed by atoms with Gasteiger partial charge in [0.2, 0.25) is 0 Å². The molecule has 0 amide bonds. The lowest BCUT2D eigenvalue weighted by atomic mass is 9.55. The molecule has 0 unspecified atom stereocenters. The van der Waals surface area contributed by atoms with Gasteiger partial charge in [-0.25, -0.2) is 0 Å². The Labute approximate surface area is 114 Å². The molecular weight excluding hydrogens is 216 g/mol. The Hall–Kier alpha value is -0.780. The average molecular weight is 245 g/mol. The molecule has 2 rings (SSSR count). The van der Waals surface area contributed by atoms with E-state index in [1.54, 1.807) is 0 Å². The van der Waals surface area contributed by atoms with Crippen LogP contribution in [0, 0.1) is 24.7 Å². The van der Waals surface area contributed by atoms with E-state index in [0.717, 1.165) is 12.8 Å².